The van der Waals surface area contributed by atoms with E-state index < -0.39 is 9.84 Å². The van der Waals surface area contributed by atoms with Crippen LogP contribution in [0.2, 0.25) is 0 Å². The number of aromatic nitrogens is 2. The number of hydrogen-bond acceptors (Lipinski definition) is 5. The lowest BCUT2D eigenvalue weighted by molar-refractivity contribution is 0.602. The number of hydrogen-bond donors (Lipinski definition) is 1. The van der Waals surface area contributed by atoms with Crippen LogP contribution in [0, 0.1) is 0 Å². The molecule has 0 saturated carbocycles. The lowest BCUT2D eigenvalue weighted by Gasteiger charge is -2.10. The normalized spacial score (nSPS) is 11.6. The van der Waals surface area contributed by atoms with E-state index >= 15 is 0 Å². The molecule has 1 heterocycles. The third-order valence-corrected chi connectivity index (χ3v) is 5.04. The Morgan fingerprint density at radius 1 is 1.00 bits per heavy atom. The van der Waals surface area contributed by atoms with E-state index in [1.54, 1.807) is 18.2 Å². The third kappa shape index (κ3) is 3.54. The summed E-state index contributed by atoms with van der Waals surface area (Å²) in [7, 11) is -3.27. The van der Waals surface area contributed by atoms with E-state index in [1.807, 2.05) is 0 Å². The van der Waals surface area contributed by atoms with Crippen molar-refractivity contribution in [2.24, 2.45) is 0 Å². The molecule has 0 fully saturated rings. The predicted octanol–water partition coefficient (Wildman–Crippen LogP) is 3.21. The van der Waals surface area contributed by atoms with Gasteiger partial charge in [-0.25, -0.2) is 18.4 Å². The molecule has 124 valence electrons. The molecule has 0 atom stereocenters. The standard InChI is InChI=1S/C18H19N3O2S/c1-3-13-4-6-14(7-5-13)11-19-18-16-10-15(24(2,22)23)8-9-17(16)20-12-21-18/h4-10,12H,3,11H2,1-2H3,(H,19,20,21). The highest BCUT2D eigenvalue weighted by molar-refractivity contribution is 7.90. The van der Waals surface area contributed by atoms with Crippen LogP contribution in [0.15, 0.2) is 53.7 Å². The first-order chi connectivity index (χ1) is 11.5. The molecule has 6 heteroatoms. The molecule has 3 aromatic rings. The number of fused-ring (bicyclic) bond motifs is 1. The Labute approximate surface area is 141 Å². The molecule has 0 unspecified atom stereocenters. The van der Waals surface area contributed by atoms with E-state index in [0.717, 1.165) is 12.0 Å². The van der Waals surface area contributed by atoms with Gasteiger partial charge < -0.3 is 5.32 Å². The molecule has 0 radical (unpaired) electrons. The summed E-state index contributed by atoms with van der Waals surface area (Å²) in [5.41, 5.74) is 3.14. The molecule has 0 amide bonds. The van der Waals surface area contributed by atoms with Crippen LogP contribution in [-0.4, -0.2) is 24.6 Å². The summed E-state index contributed by atoms with van der Waals surface area (Å²) in [5, 5.41) is 3.97. The van der Waals surface area contributed by atoms with Crippen LogP contribution < -0.4 is 5.32 Å². The summed E-state index contributed by atoms with van der Waals surface area (Å²) < 4.78 is 23.5. The van der Waals surface area contributed by atoms with Gasteiger partial charge in [0, 0.05) is 18.2 Å². The van der Waals surface area contributed by atoms with Gasteiger partial charge in [-0.1, -0.05) is 31.2 Å². The number of rotatable bonds is 5. The molecule has 0 aliphatic carbocycles. The van der Waals surface area contributed by atoms with Gasteiger partial charge >= 0.3 is 0 Å². The molecule has 0 aliphatic rings. The van der Waals surface area contributed by atoms with Gasteiger partial charge in [-0.2, -0.15) is 0 Å². The van der Waals surface area contributed by atoms with Gasteiger partial charge in [0.15, 0.2) is 9.84 Å². The molecule has 0 saturated heterocycles. The highest BCUT2D eigenvalue weighted by atomic mass is 32.2. The number of nitrogens with zero attached hydrogens (tertiary/aromatic N) is 2. The van der Waals surface area contributed by atoms with E-state index in [2.05, 4.69) is 46.5 Å². The molecule has 0 bridgehead atoms. The van der Waals surface area contributed by atoms with Crippen molar-refractivity contribution in [1.29, 1.82) is 0 Å². The summed E-state index contributed by atoms with van der Waals surface area (Å²) in [6, 6.07) is 13.3. The molecule has 5 nitrogen and oxygen atoms in total. The van der Waals surface area contributed by atoms with Crippen molar-refractivity contribution < 1.29 is 8.42 Å². The van der Waals surface area contributed by atoms with Gasteiger partial charge in [0.05, 0.1) is 10.4 Å². The van der Waals surface area contributed by atoms with Crippen molar-refractivity contribution in [3.05, 3.63) is 59.9 Å². The van der Waals surface area contributed by atoms with Crippen molar-refractivity contribution in [3.63, 3.8) is 0 Å². The Bertz CT molecular complexity index is 967. The first kappa shape index (κ1) is 16.4. The average Bonchev–Trinajstić information content (AvgIpc) is 2.59. The second-order valence-corrected chi connectivity index (χ2v) is 7.71. The average molecular weight is 341 g/mol. The molecular formula is C18H19N3O2S. The van der Waals surface area contributed by atoms with Crippen LogP contribution in [0.3, 0.4) is 0 Å². The van der Waals surface area contributed by atoms with Gasteiger partial charge in [0.2, 0.25) is 0 Å². The molecule has 24 heavy (non-hydrogen) atoms. The fraction of sp³-hybridized carbons (Fsp3) is 0.222. The Morgan fingerprint density at radius 3 is 2.38 bits per heavy atom. The summed E-state index contributed by atoms with van der Waals surface area (Å²) >= 11 is 0. The zero-order valence-corrected chi connectivity index (χ0v) is 14.5. The van der Waals surface area contributed by atoms with Crippen LogP contribution in [-0.2, 0) is 22.8 Å². The third-order valence-electron chi connectivity index (χ3n) is 3.93. The van der Waals surface area contributed by atoms with Crippen molar-refractivity contribution in [3.8, 4) is 0 Å². The lowest BCUT2D eigenvalue weighted by Crippen LogP contribution is -2.04. The van der Waals surface area contributed by atoms with E-state index in [9.17, 15) is 8.42 Å². The Kier molecular flexibility index (Phi) is 4.49. The van der Waals surface area contributed by atoms with Gasteiger partial charge in [0.1, 0.15) is 12.1 Å². The van der Waals surface area contributed by atoms with Crippen LogP contribution in [0.25, 0.3) is 10.9 Å². The number of aryl methyl sites for hydroxylation is 1. The van der Waals surface area contributed by atoms with Crippen LogP contribution in [0.4, 0.5) is 5.82 Å². The summed E-state index contributed by atoms with van der Waals surface area (Å²) in [6.07, 6.45) is 3.68. The van der Waals surface area contributed by atoms with Crippen molar-refractivity contribution in [2.45, 2.75) is 24.8 Å². The van der Waals surface area contributed by atoms with E-state index in [1.165, 1.54) is 18.1 Å². The number of anilines is 1. The van der Waals surface area contributed by atoms with Crippen LogP contribution in [0.1, 0.15) is 18.1 Å². The fourth-order valence-corrected chi connectivity index (χ4v) is 3.13. The summed E-state index contributed by atoms with van der Waals surface area (Å²) in [6.45, 7) is 2.73. The minimum absolute atomic E-state index is 0.264. The van der Waals surface area contributed by atoms with Crippen LogP contribution >= 0.6 is 0 Å². The minimum Gasteiger partial charge on any atom is -0.365 e. The van der Waals surface area contributed by atoms with Crippen molar-refractivity contribution >= 4 is 26.6 Å². The first-order valence-corrected chi connectivity index (χ1v) is 9.63. The van der Waals surface area contributed by atoms with Crippen molar-refractivity contribution in [2.75, 3.05) is 11.6 Å². The zero-order valence-electron chi connectivity index (χ0n) is 13.7. The Balaban J connectivity index is 1.90. The first-order valence-electron chi connectivity index (χ1n) is 7.74. The molecule has 0 aliphatic heterocycles. The fourth-order valence-electron chi connectivity index (χ4n) is 2.49. The van der Waals surface area contributed by atoms with Gasteiger partial charge in [-0.15, -0.1) is 0 Å². The second-order valence-electron chi connectivity index (χ2n) is 5.70. The van der Waals surface area contributed by atoms with Gasteiger partial charge in [-0.05, 0) is 35.7 Å². The van der Waals surface area contributed by atoms with E-state index in [4.69, 9.17) is 0 Å². The Hall–Kier alpha value is -2.47. The minimum atomic E-state index is -3.27. The zero-order chi connectivity index (χ0) is 17.2. The second kappa shape index (κ2) is 6.57. The highest BCUT2D eigenvalue weighted by Crippen LogP contribution is 2.23. The lowest BCUT2D eigenvalue weighted by atomic mass is 10.1. The molecule has 0 spiro atoms. The summed E-state index contributed by atoms with van der Waals surface area (Å²) in [4.78, 5) is 8.72. The monoisotopic (exact) mass is 341 g/mol. The number of nitrogens with one attached hydrogen (secondary N) is 1. The van der Waals surface area contributed by atoms with Crippen LogP contribution in [0.5, 0.6) is 0 Å². The largest absolute Gasteiger partial charge is 0.365 e. The topological polar surface area (TPSA) is 72.0 Å². The highest BCUT2D eigenvalue weighted by Gasteiger charge is 2.11. The number of benzene rings is 2. The maximum absolute atomic E-state index is 11.8. The summed E-state index contributed by atoms with van der Waals surface area (Å²) in [5.74, 6) is 0.630. The van der Waals surface area contributed by atoms with E-state index in [0.29, 0.717) is 23.3 Å². The predicted molar refractivity (Wildman–Crippen MR) is 95.8 cm³/mol. The van der Waals surface area contributed by atoms with Gasteiger partial charge in [0.25, 0.3) is 0 Å². The SMILES string of the molecule is CCc1ccc(CNc2ncnc3ccc(S(C)(=O)=O)cc23)cc1. The molecule has 1 aromatic heterocycles. The quantitative estimate of drug-likeness (QED) is 0.771. The molecule has 1 N–H and O–H groups in total. The maximum atomic E-state index is 11.8. The molecule has 2 aromatic carbocycles. The Morgan fingerprint density at radius 2 is 1.71 bits per heavy atom. The smallest absolute Gasteiger partial charge is 0.175 e. The van der Waals surface area contributed by atoms with Gasteiger partial charge in [-0.3, -0.25) is 0 Å². The maximum Gasteiger partial charge on any atom is 0.175 e. The van der Waals surface area contributed by atoms with E-state index in [-0.39, 0.29) is 4.90 Å². The number of sulfone groups is 1. The van der Waals surface area contributed by atoms with Crippen molar-refractivity contribution in [1.82, 2.24) is 9.97 Å². The molecular weight excluding hydrogens is 322 g/mol. The molecule has 3 rings (SSSR count).